The van der Waals surface area contributed by atoms with Crippen molar-refractivity contribution >= 4 is 0 Å². The molecule has 0 bridgehead atoms. The van der Waals surface area contributed by atoms with Crippen molar-refractivity contribution in [3.8, 4) is 11.5 Å². The van der Waals surface area contributed by atoms with Crippen molar-refractivity contribution < 1.29 is 9.47 Å². The zero-order chi connectivity index (χ0) is 15.4. The van der Waals surface area contributed by atoms with Gasteiger partial charge in [0, 0.05) is 11.1 Å². The standard InChI is InChI=1S/C17H29NO2/c1-16(2,3)18-12-11-17(4,5)15-13(19-6)9-8-10-14(15)20-7/h8-10,18H,11-12H2,1-7H3. The largest absolute Gasteiger partial charge is 0.496 e. The Morgan fingerprint density at radius 2 is 1.45 bits per heavy atom. The van der Waals surface area contributed by atoms with Crippen LogP contribution in [0.3, 0.4) is 0 Å². The highest BCUT2D eigenvalue weighted by atomic mass is 16.5. The van der Waals surface area contributed by atoms with E-state index in [1.807, 2.05) is 18.2 Å². The molecule has 0 aliphatic heterocycles. The van der Waals surface area contributed by atoms with Gasteiger partial charge in [-0.15, -0.1) is 0 Å². The summed E-state index contributed by atoms with van der Waals surface area (Å²) >= 11 is 0. The van der Waals surface area contributed by atoms with Crippen molar-refractivity contribution in [3.05, 3.63) is 23.8 Å². The Morgan fingerprint density at radius 1 is 0.950 bits per heavy atom. The highest BCUT2D eigenvalue weighted by Gasteiger charge is 2.28. The van der Waals surface area contributed by atoms with Crippen molar-refractivity contribution in [2.45, 2.75) is 52.0 Å². The monoisotopic (exact) mass is 279 g/mol. The van der Waals surface area contributed by atoms with E-state index in [0.717, 1.165) is 30.0 Å². The summed E-state index contributed by atoms with van der Waals surface area (Å²) in [6.07, 6.45) is 1.01. The quantitative estimate of drug-likeness (QED) is 0.860. The summed E-state index contributed by atoms with van der Waals surface area (Å²) in [6.45, 7) is 12.0. The molecule has 1 rings (SSSR count). The summed E-state index contributed by atoms with van der Waals surface area (Å²) < 4.78 is 11.0. The molecule has 0 amide bonds. The Bertz CT molecular complexity index is 411. The van der Waals surface area contributed by atoms with Crippen LogP contribution in [0.4, 0.5) is 0 Å². The minimum Gasteiger partial charge on any atom is -0.496 e. The summed E-state index contributed by atoms with van der Waals surface area (Å²) in [5.41, 5.74) is 1.26. The average molecular weight is 279 g/mol. The van der Waals surface area contributed by atoms with Gasteiger partial charge in [-0.25, -0.2) is 0 Å². The van der Waals surface area contributed by atoms with Crippen molar-refractivity contribution in [2.24, 2.45) is 0 Å². The second kappa shape index (κ2) is 6.49. The summed E-state index contributed by atoms with van der Waals surface area (Å²) in [5.74, 6) is 1.79. The average Bonchev–Trinajstić information content (AvgIpc) is 2.35. The Morgan fingerprint density at radius 3 is 1.85 bits per heavy atom. The molecule has 0 heterocycles. The van der Waals surface area contributed by atoms with Crippen molar-refractivity contribution in [2.75, 3.05) is 20.8 Å². The lowest BCUT2D eigenvalue weighted by atomic mass is 9.80. The molecule has 1 N–H and O–H groups in total. The lowest BCUT2D eigenvalue weighted by molar-refractivity contribution is 0.339. The fraction of sp³-hybridized carbons (Fsp3) is 0.647. The molecule has 20 heavy (non-hydrogen) atoms. The molecule has 0 saturated carbocycles. The smallest absolute Gasteiger partial charge is 0.126 e. The molecule has 0 fully saturated rings. The summed E-state index contributed by atoms with van der Waals surface area (Å²) in [5, 5.41) is 3.54. The molecule has 0 saturated heterocycles. The van der Waals surface area contributed by atoms with E-state index in [9.17, 15) is 0 Å². The molecule has 0 aromatic heterocycles. The predicted molar refractivity (Wildman–Crippen MR) is 84.9 cm³/mol. The van der Waals surface area contributed by atoms with Gasteiger partial charge in [-0.05, 0) is 51.3 Å². The highest BCUT2D eigenvalue weighted by Crippen LogP contribution is 2.40. The van der Waals surface area contributed by atoms with Crippen LogP contribution < -0.4 is 14.8 Å². The zero-order valence-electron chi connectivity index (χ0n) is 14.0. The van der Waals surface area contributed by atoms with E-state index < -0.39 is 0 Å². The van der Waals surface area contributed by atoms with Crippen LogP contribution in [0.1, 0.15) is 46.6 Å². The van der Waals surface area contributed by atoms with Gasteiger partial charge in [0.1, 0.15) is 11.5 Å². The molecule has 3 nitrogen and oxygen atoms in total. The molecule has 114 valence electrons. The van der Waals surface area contributed by atoms with Gasteiger partial charge >= 0.3 is 0 Å². The third-order valence-electron chi connectivity index (χ3n) is 3.51. The molecule has 0 aliphatic carbocycles. The van der Waals surface area contributed by atoms with Gasteiger partial charge in [-0.2, -0.15) is 0 Å². The molecule has 0 unspecified atom stereocenters. The number of nitrogens with one attached hydrogen (secondary N) is 1. The number of rotatable bonds is 6. The molecular formula is C17H29NO2. The Kier molecular flexibility index (Phi) is 5.46. The van der Waals surface area contributed by atoms with Gasteiger partial charge in [-0.1, -0.05) is 19.9 Å². The Hall–Kier alpha value is -1.22. The molecule has 3 heteroatoms. The number of hydrogen-bond acceptors (Lipinski definition) is 3. The van der Waals surface area contributed by atoms with E-state index in [2.05, 4.69) is 39.9 Å². The van der Waals surface area contributed by atoms with Crippen LogP contribution in [0.25, 0.3) is 0 Å². The van der Waals surface area contributed by atoms with Gasteiger partial charge in [0.2, 0.25) is 0 Å². The van der Waals surface area contributed by atoms with Crippen LogP contribution >= 0.6 is 0 Å². The van der Waals surface area contributed by atoms with E-state index in [1.165, 1.54) is 0 Å². The number of benzene rings is 1. The normalized spacial score (nSPS) is 12.3. The Labute approximate surface area is 123 Å². The third-order valence-corrected chi connectivity index (χ3v) is 3.51. The first-order chi connectivity index (χ1) is 9.21. The van der Waals surface area contributed by atoms with E-state index in [-0.39, 0.29) is 11.0 Å². The number of ether oxygens (including phenoxy) is 2. The van der Waals surface area contributed by atoms with E-state index in [0.29, 0.717) is 0 Å². The van der Waals surface area contributed by atoms with Crippen LogP contribution in [0.5, 0.6) is 11.5 Å². The fourth-order valence-electron chi connectivity index (χ4n) is 2.39. The molecular weight excluding hydrogens is 250 g/mol. The number of hydrogen-bond donors (Lipinski definition) is 1. The van der Waals surface area contributed by atoms with Crippen molar-refractivity contribution in [1.82, 2.24) is 5.32 Å². The van der Waals surface area contributed by atoms with Gasteiger partial charge in [-0.3, -0.25) is 0 Å². The second-order valence-corrected chi connectivity index (χ2v) is 6.85. The van der Waals surface area contributed by atoms with Gasteiger partial charge in [0.25, 0.3) is 0 Å². The maximum absolute atomic E-state index is 5.52. The molecule has 0 aliphatic rings. The maximum atomic E-state index is 5.52. The predicted octanol–water partition coefficient (Wildman–Crippen LogP) is 3.76. The van der Waals surface area contributed by atoms with Crippen LogP contribution in [0.2, 0.25) is 0 Å². The summed E-state index contributed by atoms with van der Waals surface area (Å²) in [7, 11) is 3.42. The zero-order valence-corrected chi connectivity index (χ0v) is 14.0. The lowest BCUT2D eigenvalue weighted by Crippen LogP contribution is -2.38. The topological polar surface area (TPSA) is 30.5 Å². The number of methoxy groups -OCH3 is 2. The molecule has 0 atom stereocenters. The van der Waals surface area contributed by atoms with Crippen LogP contribution in [0, 0.1) is 0 Å². The Balaban J connectivity index is 2.96. The summed E-state index contributed by atoms with van der Waals surface area (Å²) in [6, 6.07) is 5.96. The SMILES string of the molecule is COc1cccc(OC)c1C(C)(C)CCNC(C)(C)C. The molecule has 0 spiro atoms. The fourth-order valence-corrected chi connectivity index (χ4v) is 2.39. The first-order valence-electron chi connectivity index (χ1n) is 7.18. The molecule has 1 aromatic rings. The van der Waals surface area contributed by atoms with Crippen LogP contribution in [0.15, 0.2) is 18.2 Å². The van der Waals surface area contributed by atoms with E-state index >= 15 is 0 Å². The van der Waals surface area contributed by atoms with Crippen LogP contribution in [-0.2, 0) is 5.41 Å². The van der Waals surface area contributed by atoms with E-state index in [4.69, 9.17) is 9.47 Å². The minimum atomic E-state index is -0.0177. The van der Waals surface area contributed by atoms with Gasteiger partial charge < -0.3 is 14.8 Å². The highest BCUT2D eigenvalue weighted by molar-refractivity contribution is 5.49. The molecule has 0 radical (unpaired) electrons. The molecule has 1 aromatic carbocycles. The minimum absolute atomic E-state index is 0.0177. The van der Waals surface area contributed by atoms with Gasteiger partial charge in [0.15, 0.2) is 0 Å². The van der Waals surface area contributed by atoms with Crippen molar-refractivity contribution in [3.63, 3.8) is 0 Å². The summed E-state index contributed by atoms with van der Waals surface area (Å²) in [4.78, 5) is 0. The second-order valence-electron chi connectivity index (χ2n) is 6.85. The first kappa shape index (κ1) is 16.8. The lowest BCUT2D eigenvalue weighted by Gasteiger charge is -2.30. The van der Waals surface area contributed by atoms with E-state index in [1.54, 1.807) is 14.2 Å². The first-order valence-corrected chi connectivity index (χ1v) is 7.18. The maximum Gasteiger partial charge on any atom is 0.126 e. The van der Waals surface area contributed by atoms with Crippen molar-refractivity contribution in [1.29, 1.82) is 0 Å². The van der Waals surface area contributed by atoms with Crippen LogP contribution in [-0.4, -0.2) is 26.3 Å². The van der Waals surface area contributed by atoms with Gasteiger partial charge in [0.05, 0.1) is 14.2 Å². The third kappa shape index (κ3) is 4.41.